The molecule has 3 rings (SSSR count). The van der Waals surface area contributed by atoms with Gasteiger partial charge in [-0.2, -0.15) is 0 Å². The molecular weight excluding hydrogens is 290 g/mol. The van der Waals surface area contributed by atoms with Gasteiger partial charge in [-0.3, -0.25) is 4.79 Å². The van der Waals surface area contributed by atoms with Crippen molar-refractivity contribution < 1.29 is 9.59 Å². The fraction of sp³-hybridized carbons (Fsp3) is 0.556. The Morgan fingerprint density at radius 1 is 1.26 bits per heavy atom. The lowest BCUT2D eigenvalue weighted by Gasteiger charge is -2.18. The zero-order valence-electron chi connectivity index (χ0n) is 13.9. The molecule has 5 nitrogen and oxygen atoms in total. The normalized spacial score (nSPS) is 19.6. The van der Waals surface area contributed by atoms with Gasteiger partial charge >= 0.3 is 6.03 Å². The number of hydrogen-bond donors (Lipinski definition) is 2. The summed E-state index contributed by atoms with van der Waals surface area (Å²) in [7, 11) is 0. The van der Waals surface area contributed by atoms with Crippen LogP contribution in [-0.2, 0) is 12.8 Å². The first kappa shape index (κ1) is 15.8. The highest BCUT2D eigenvalue weighted by Gasteiger charge is 2.28. The number of nitrogens with one attached hydrogen (secondary N) is 2. The van der Waals surface area contributed by atoms with Gasteiger partial charge in [0.05, 0.1) is 0 Å². The van der Waals surface area contributed by atoms with Gasteiger partial charge in [0, 0.05) is 31.2 Å². The molecule has 3 amide bonds. The molecule has 0 aromatic heterocycles. The van der Waals surface area contributed by atoms with E-state index in [2.05, 4.69) is 23.6 Å². The number of fused-ring (bicyclic) bond motifs is 1. The highest BCUT2D eigenvalue weighted by Crippen LogP contribution is 2.28. The van der Waals surface area contributed by atoms with E-state index >= 15 is 0 Å². The molecule has 1 saturated heterocycles. The molecule has 2 aliphatic rings. The van der Waals surface area contributed by atoms with Crippen molar-refractivity contribution in [3.8, 4) is 0 Å². The molecule has 0 spiro atoms. The first-order chi connectivity index (χ1) is 11.1. The van der Waals surface area contributed by atoms with Crippen LogP contribution in [0.1, 0.15) is 46.8 Å². The van der Waals surface area contributed by atoms with Crippen LogP contribution in [0, 0.1) is 6.92 Å². The first-order valence-corrected chi connectivity index (χ1v) is 8.55. The van der Waals surface area contributed by atoms with E-state index < -0.39 is 0 Å². The smallest absolute Gasteiger partial charge is 0.317 e. The Balaban J connectivity index is 1.65. The van der Waals surface area contributed by atoms with Crippen LogP contribution >= 0.6 is 0 Å². The Labute approximate surface area is 137 Å². The number of aryl methyl sites for hydroxylation is 1. The van der Waals surface area contributed by atoms with Crippen LogP contribution in [0.5, 0.6) is 0 Å². The maximum Gasteiger partial charge on any atom is 0.317 e. The SMILES string of the molecule is CCNC(=O)N1CC[C@H](NC(=O)c2ccc(C)c3c2CCC3)C1. The Bertz CT molecular complexity index is 627. The van der Waals surface area contributed by atoms with Crippen LogP contribution in [0.2, 0.25) is 0 Å². The van der Waals surface area contributed by atoms with Crippen LogP contribution in [0.4, 0.5) is 4.79 Å². The highest BCUT2D eigenvalue weighted by molar-refractivity contribution is 5.96. The summed E-state index contributed by atoms with van der Waals surface area (Å²) in [5.41, 5.74) is 4.69. The molecule has 1 heterocycles. The van der Waals surface area contributed by atoms with Gasteiger partial charge in [-0.05, 0) is 62.3 Å². The standard InChI is InChI=1S/C18H25N3O2/c1-3-19-18(23)21-10-9-13(11-21)20-17(22)16-8-7-12(2)14-5-4-6-15(14)16/h7-8,13H,3-6,9-11H2,1-2H3,(H,19,23)(H,20,22)/t13-/m0/s1. The summed E-state index contributed by atoms with van der Waals surface area (Å²) in [4.78, 5) is 26.3. The van der Waals surface area contributed by atoms with Gasteiger partial charge in [0.25, 0.3) is 5.91 Å². The highest BCUT2D eigenvalue weighted by atomic mass is 16.2. The number of hydrogen-bond acceptors (Lipinski definition) is 2. The van der Waals surface area contributed by atoms with E-state index in [4.69, 9.17) is 0 Å². The minimum Gasteiger partial charge on any atom is -0.347 e. The van der Waals surface area contributed by atoms with Crippen LogP contribution < -0.4 is 10.6 Å². The fourth-order valence-corrected chi connectivity index (χ4v) is 3.69. The topological polar surface area (TPSA) is 61.4 Å². The van der Waals surface area contributed by atoms with Gasteiger partial charge in [-0.1, -0.05) is 6.07 Å². The number of carbonyl (C=O) groups excluding carboxylic acids is 2. The summed E-state index contributed by atoms with van der Waals surface area (Å²) in [6.07, 6.45) is 4.03. The summed E-state index contributed by atoms with van der Waals surface area (Å²) in [6.45, 7) is 5.94. The quantitative estimate of drug-likeness (QED) is 0.896. The van der Waals surface area contributed by atoms with Crippen molar-refractivity contribution in [3.63, 3.8) is 0 Å². The molecule has 1 aromatic rings. The lowest BCUT2D eigenvalue weighted by Crippen LogP contribution is -2.42. The largest absolute Gasteiger partial charge is 0.347 e. The molecule has 0 radical (unpaired) electrons. The molecule has 1 aromatic carbocycles. The zero-order chi connectivity index (χ0) is 16.4. The predicted octanol–water partition coefficient (Wildman–Crippen LogP) is 2.02. The molecule has 5 heteroatoms. The molecule has 23 heavy (non-hydrogen) atoms. The van der Waals surface area contributed by atoms with Crippen LogP contribution in [0.3, 0.4) is 0 Å². The lowest BCUT2D eigenvalue weighted by molar-refractivity contribution is 0.0937. The molecule has 0 saturated carbocycles. The molecule has 124 valence electrons. The van der Waals surface area contributed by atoms with Crippen LogP contribution in [-0.4, -0.2) is 42.5 Å². The first-order valence-electron chi connectivity index (χ1n) is 8.55. The summed E-state index contributed by atoms with van der Waals surface area (Å²) in [5.74, 6) is 0.00546. The number of rotatable bonds is 3. The van der Waals surface area contributed by atoms with E-state index in [9.17, 15) is 9.59 Å². The predicted molar refractivity (Wildman–Crippen MR) is 89.7 cm³/mol. The molecular formula is C18H25N3O2. The monoisotopic (exact) mass is 315 g/mol. The van der Waals surface area contributed by atoms with Crippen molar-refractivity contribution in [1.82, 2.24) is 15.5 Å². The number of amides is 3. The third-order valence-electron chi connectivity index (χ3n) is 4.90. The lowest BCUT2D eigenvalue weighted by atomic mass is 9.98. The number of likely N-dealkylation sites (tertiary alicyclic amines) is 1. The zero-order valence-corrected chi connectivity index (χ0v) is 13.9. The van der Waals surface area contributed by atoms with Gasteiger partial charge in [0.1, 0.15) is 0 Å². The maximum atomic E-state index is 12.6. The third kappa shape index (κ3) is 3.19. The number of carbonyl (C=O) groups is 2. The van der Waals surface area contributed by atoms with E-state index in [1.54, 1.807) is 4.90 Å². The van der Waals surface area contributed by atoms with Crippen molar-refractivity contribution in [3.05, 3.63) is 34.4 Å². The average molecular weight is 315 g/mol. The van der Waals surface area contributed by atoms with Crippen molar-refractivity contribution in [2.45, 2.75) is 45.6 Å². The third-order valence-corrected chi connectivity index (χ3v) is 4.90. The Kier molecular flexibility index (Phi) is 4.55. The summed E-state index contributed by atoms with van der Waals surface area (Å²) in [6, 6.07) is 4.00. The molecule has 1 aliphatic carbocycles. The second-order valence-corrected chi connectivity index (χ2v) is 6.48. The van der Waals surface area contributed by atoms with Crippen LogP contribution in [0.25, 0.3) is 0 Å². The fourth-order valence-electron chi connectivity index (χ4n) is 3.69. The Hall–Kier alpha value is -2.04. The van der Waals surface area contributed by atoms with Gasteiger partial charge in [-0.15, -0.1) is 0 Å². The average Bonchev–Trinajstić information content (AvgIpc) is 3.17. The summed E-state index contributed by atoms with van der Waals surface area (Å²) >= 11 is 0. The summed E-state index contributed by atoms with van der Waals surface area (Å²) < 4.78 is 0. The van der Waals surface area contributed by atoms with E-state index in [1.807, 2.05) is 13.0 Å². The Morgan fingerprint density at radius 2 is 2.04 bits per heavy atom. The summed E-state index contributed by atoms with van der Waals surface area (Å²) in [5, 5.41) is 5.92. The second-order valence-electron chi connectivity index (χ2n) is 6.48. The van der Waals surface area contributed by atoms with Gasteiger partial charge < -0.3 is 15.5 Å². The van der Waals surface area contributed by atoms with E-state index in [1.165, 1.54) is 16.7 Å². The minimum atomic E-state index is -0.0412. The molecule has 2 N–H and O–H groups in total. The minimum absolute atomic E-state index is 0.00546. The molecule has 0 bridgehead atoms. The van der Waals surface area contributed by atoms with Gasteiger partial charge in [0.15, 0.2) is 0 Å². The maximum absolute atomic E-state index is 12.6. The molecule has 0 unspecified atom stereocenters. The van der Waals surface area contributed by atoms with E-state index in [0.29, 0.717) is 19.6 Å². The van der Waals surface area contributed by atoms with E-state index in [-0.39, 0.29) is 18.0 Å². The van der Waals surface area contributed by atoms with Gasteiger partial charge in [0.2, 0.25) is 0 Å². The second kappa shape index (κ2) is 6.60. The van der Waals surface area contributed by atoms with E-state index in [0.717, 1.165) is 31.2 Å². The van der Waals surface area contributed by atoms with Crippen molar-refractivity contribution in [2.24, 2.45) is 0 Å². The number of nitrogens with zero attached hydrogens (tertiary/aromatic N) is 1. The number of urea groups is 1. The van der Waals surface area contributed by atoms with Gasteiger partial charge in [-0.25, -0.2) is 4.79 Å². The van der Waals surface area contributed by atoms with Crippen molar-refractivity contribution in [2.75, 3.05) is 19.6 Å². The van der Waals surface area contributed by atoms with Crippen molar-refractivity contribution in [1.29, 1.82) is 0 Å². The molecule has 1 aliphatic heterocycles. The Morgan fingerprint density at radius 3 is 2.83 bits per heavy atom. The molecule has 1 fully saturated rings. The van der Waals surface area contributed by atoms with Crippen molar-refractivity contribution >= 4 is 11.9 Å². The molecule has 1 atom stereocenters. The van der Waals surface area contributed by atoms with Crippen LogP contribution in [0.15, 0.2) is 12.1 Å². The number of benzene rings is 1.